The van der Waals surface area contributed by atoms with Crippen molar-refractivity contribution in [3.05, 3.63) is 0 Å². The fraction of sp³-hybridized carbons (Fsp3) is 0.750. The Morgan fingerprint density at radius 2 is 1.62 bits per heavy atom. The molecule has 1 aliphatic carbocycles. The number of rotatable bonds is 2. The van der Waals surface area contributed by atoms with Crippen molar-refractivity contribution in [2.24, 2.45) is 11.8 Å². The van der Waals surface area contributed by atoms with Gasteiger partial charge >= 0.3 is 11.9 Å². The first kappa shape index (κ1) is 10.3. The molecule has 0 bridgehead atoms. The molecule has 4 nitrogen and oxygen atoms in total. The SMILES string of the molecule is O=C(O)C1CCC(C(=O)OCl)CC1. The van der Waals surface area contributed by atoms with Crippen LogP contribution in [0.2, 0.25) is 0 Å². The molecule has 1 saturated carbocycles. The van der Waals surface area contributed by atoms with Gasteiger partial charge in [-0.25, -0.2) is 0 Å². The second-order valence-electron chi connectivity index (χ2n) is 3.28. The predicted octanol–water partition coefficient (Wildman–Crippen LogP) is 1.57. The molecule has 0 aromatic carbocycles. The van der Waals surface area contributed by atoms with E-state index in [-0.39, 0.29) is 11.8 Å². The van der Waals surface area contributed by atoms with Crippen molar-refractivity contribution in [3.8, 4) is 0 Å². The minimum atomic E-state index is -0.780. The van der Waals surface area contributed by atoms with Crippen LogP contribution in [-0.2, 0) is 13.9 Å². The van der Waals surface area contributed by atoms with Crippen LogP contribution in [0.3, 0.4) is 0 Å². The average molecular weight is 207 g/mol. The maximum Gasteiger partial charge on any atom is 0.327 e. The van der Waals surface area contributed by atoms with E-state index in [4.69, 9.17) is 17.0 Å². The Balaban J connectivity index is 2.39. The van der Waals surface area contributed by atoms with E-state index < -0.39 is 11.9 Å². The molecular formula is C8H11ClO4. The van der Waals surface area contributed by atoms with Crippen molar-refractivity contribution in [2.45, 2.75) is 25.7 Å². The van der Waals surface area contributed by atoms with Crippen molar-refractivity contribution in [3.63, 3.8) is 0 Å². The Hall–Kier alpha value is -0.770. The van der Waals surface area contributed by atoms with Crippen molar-refractivity contribution in [1.29, 1.82) is 0 Å². The van der Waals surface area contributed by atoms with Gasteiger partial charge in [-0.1, -0.05) is 0 Å². The highest BCUT2D eigenvalue weighted by Gasteiger charge is 2.30. The molecule has 0 saturated heterocycles. The summed E-state index contributed by atoms with van der Waals surface area (Å²) < 4.78 is 4.07. The molecule has 13 heavy (non-hydrogen) atoms. The zero-order valence-electron chi connectivity index (χ0n) is 7.03. The zero-order chi connectivity index (χ0) is 9.84. The van der Waals surface area contributed by atoms with E-state index in [1.165, 1.54) is 0 Å². The zero-order valence-corrected chi connectivity index (χ0v) is 7.79. The monoisotopic (exact) mass is 206 g/mol. The molecular weight excluding hydrogens is 196 g/mol. The number of carbonyl (C=O) groups excluding carboxylic acids is 1. The predicted molar refractivity (Wildman–Crippen MR) is 45.0 cm³/mol. The fourth-order valence-corrected chi connectivity index (χ4v) is 1.77. The van der Waals surface area contributed by atoms with Gasteiger partial charge in [0.1, 0.15) is 11.9 Å². The molecule has 74 valence electrons. The summed E-state index contributed by atoms with van der Waals surface area (Å²) in [5.41, 5.74) is 0. The van der Waals surface area contributed by atoms with Crippen molar-refractivity contribution < 1.29 is 19.0 Å². The molecule has 1 N–H and O–H groups in total. The van der Waals surface area contributed by atoms with Gasteiger partial charge in [0.25, 0.3) is 0 Å². The summed E-state index contributed by atoms with van der Waals surface area (Å²) in [5, 5.41) is 8.68. The molecule has 0 aromatic heterocycles. The molecule has 0 aromatic rings. The standard InChI is InChI=1S/C8H11ClO4/c9-13-8(12)6-3-1-5(2-4-6)7(10)11/h5-6H,1-4H2,(H,10,11). The largest absolute Gasteiger partial charge is 0.481 e. The lowest BCUT2D eigenvalue weighted by Crippen LogP contribution is -2.25. The number of halogens is 1. The second-order valence-corrected chi connectivity index (χ2v) is 3.44. The minimum Gasteiger partial charge on any atom is -0.481 e. The Morgan fingerprint density at radius 1 is 1.15 bits per heavy atom. The van der Waals surface area contributed by atoms with E-state index >= 15 is 0 Å². The lowest BCUT2D eigenvalue weighted by atomic mass is 9.82. The van der Waals surface area contributed by atoms with Crippen LogP contribution in [0.25, 0.3) is 0 Å². The van der Waals surface area contributed by atoms with Gasteiger partial charge in [-0.15, -0.1) is 0 Å². The van der Waals surface area contributed by atoms with Crippen LogP contribution in [0.5, 0.6) is 0 Å². The van der Waals surface area contributed by atoms with Crippen LogP contribution in [0, 0.1) is 11.8 Å². The van der Waals surface area contributed by atoms with Crippen molar-refractivity contribution in [1.82, 2.24) is 0 Å². The first-order chi connectivity index (χ1) is 6.15. The average Bonchev–Trinajstić information content (AvgIpc) is 2.17. The van der Waals surface area contributed by atoms with Crippen LogP contribution < -0.4 is 0 Å². The topological polar surface area (TPSA) is 63.6 Å². The van der Waals surface area contributed by atoms with Gasteiger partial charge in [0, 0.05) is 0 Å². The summed E-state index contributed by atoms with van der Waals surface area (Å²) in [6, 6.07) is 0. The molecule has 0 radical (unpaired) electrons. The summed E-state index contributed by atoms with van der Waals surface area (Å²) in [6.45, 7) is 0. The Kier molecular flexibility index (Phi) is 3.54. The number of hydrogen-bond acceptors (Lipinski definition) is 3. The van der Waals surface area contributed by atoms with E-state index in [9.17, 15) is 9.59 Å². The molecule has 5 heteroatoms. The van der Waals surface area contributed by atoms with Crippen LogP contribution in [0.15, 0.2) is 0 Å². The first-order valence-corrected chi connectivity index (χ1v) is 4.51. The minimum absolute atomic E-state index is 0.215. The molecule has 1 rings (SSSR count). The highest BCUT2D eigenvalue weighted by molar-refractivity contribution is 6.13. The molecule has 0 heterocycles. The van der Waals surface area contributed by atoms with Gasteiger partial charge in [0.05, 0.1) is 11.8 Å². The number of carbonyl (C=O) groups is 2. The van der Waals surface area contributed by atoms with Gasteiger partial charge < -0.3 is 9.40 Å². The highest BCUT2D eigenvalue weighted by Crippen LogP contribution is 2.29. The van der Waals surface area contributed by atoms with Gasteiger partial charge in [-0.2, -0.15) is 0 Å². The van der Waals surface area contributed by atoms with Crippen LogP contribution in [0.1, 0.15) is 25.7 Å². The summed E-state index contributed by atoms with van der Waals surface area (Å²) in [7, 11) is 0. The lowest BCUT2D eigenvalue weighted by molar-refractivity contribution is -0.146. The van der Waals surface area contributed by atoms with E-state index in [0.717, 1.165) is 0 Å². The fourth-order valence-electron chi connectivity index (χ4n) is 1.64. The van der Waals surface area contributed by atoms with E-state index in [2.05, 4.69) is 4.29 Å². The maximum atomic E-state index is 10.9. The normalized spacial score (nSPS) is 28.1. The molecule has 1 fully saturated rings. The Labute approximate surface area is 81.0 Å². The molecule has 0 unspecified atom stereocenters. The van der Waals surface area contributed by atoms with E-state index in [1.807, 2.05) is 0 Å². The van der Waals surface area contributed by atoms with E-state index in [1.54, 1.807) is 0 Å². The molecule has 1 aliphatic rings. The number of hydrogen-bond donors (Lipinski definition) is 1. The molecule has 0 aliphatic heterocycles. The Morgan fingerprint density at radius 3 is 2.00 bits per heavy atom. The van der Waals surface area contributed by atoms with Crippen LogP contribution in [0.4, 0.5) is 0 Å². The van der Waals surface area contributed by atoms with Crippen molar-refractivity contribution >= 4 is 23.8 Å². The summed E-state index contributed by atoms with van der Waals surface area (Å²) >= 11 is 4.92. The van der Waals surface area contributed by atoms with Gasteiger partial charge in [-0.05, 0) is 25.7 Å². The summed E-state index contributed by atoms with van der Waals surface area (Å²) in [4.78, 5) is 21.5. The van der Waals surface area contributed by atoms with E-state index in [0.29, 0.717) is 25.7 Å². The molecule has 0 amide bonds. The second kappa shape index (κ2) is 4.46. The third-order valence-electron chi connectivity index (χ3n) is 2.49. The smallest absolute Gasteiger partial charge is 0.327 e. The van der Waals surface area contributed by atoms with Crippen molar-refractivity contribution in [2.75, 3.05) is 0 Å². The number of carboxylic acid groups (broad SMARTS) is 1. The van der Waals surface area contributed by atoms with Gasteiger partial charge in [0.15, 0.2) is 0 Å². The first-order valence-electron chi connectivity index (χ1n) is 4.20. The molecule has 0 spiro atoms. The van der Waals surface area contributed by atoms with Crippen LogP contribution >= 0.6 is 11.9 Å². The van der Waals surface area contributed by atoms with Gasteiger partial charge in [-0.3, -0.25) is 9.59 Å². The number of aliphatic carboxylic acids is 1. The van der Waals surface area contributed by atoms with Crippen LogP contribution in [-0.4, -0.2) is 17.0 Å². The Bertz CT molecular complexity index is 208. The lowest BCUT2D eigenvalue weighted by Gasteiger charge is -2.23. The van der Waals surface area contributed by atoms with Gasteiger partial charge in [0.2, 0.25) is 0 Å². The highest BCUT2D eigenvalue weighted by atomic mass is 35.5. The summed E-state index contributed by atoms with van der Waals surface area (Å²) in [5.74, 6) is -1.74. The number of carboxylic acids is 1. The summed E-state index contributed by atoms with van der Waals surface area (Å²) in [6.07, 6.45) is 2.18. The molecule has 0 atom stereocenters. The maximum absolute atomic E-state index is 10.9. The quantitative estimate of drug-likeness (QED) is 0.745. The third kappa shape index (κ3) is 2.59. The third-order valence-corrected chi connectivity index (χ3v) is 2.64.